The molecule has 142 valence electrons. The third-order valence-electron chi connectivity index (χ3n) is 3.98. The minimum Gasteiger partial charge on any atom is -0.508 e. The normalized spacial score (nSPS) is 11.7. The maximum Gasteiger partial charge on any atom is 0.435 e. The molecule has 4 aromatic rings. The Balaban J connectivity index is 1.81. The molecule has 0 radical (unpaired) electrons. The second-order valence-electron chi connectivity index (χ2n) is 5.89. The molecular weight excluding hydrogens is 394 g/mol. The molecule has 9 heteroatoms. The zero-order chi connectivity index (χ0) is 19.9. The van der Waals surface area contributed by atoms with Gasteiger partial charge in [0.1, 0.15) is 11.6 Å². The Bertz CT molecular complexity index is 1120. The summed E-state index contributed by atoms with van der Waals surface area (Å²) in [7, 11) is 0. The number of nitrogens with zero attached hydrogens (tertiary/aromatic N) is 3. The number of aromatic hydroxyl groups is 1. The second-order valence-corrected chi connectivity index (χ2v) is 6.73. The van der Waals surface area contributed by atoms with Crippen LogP contribution in [0.4, 0.5) is 17.6 Å². The number of thiazole rings is 1. The third-order valence-corrected chi connectivity index (χ3v) is 4.79. The van der Waals surface area contributed by atoms with E-state index in [2.05, 4.69) is 10.1 Å². The van der Waals surface area contributed by atoms with Crippen LogP contribution in [0.15, 0.2) is 60.0 Å². The number of halogens is 4. The lowest BCUT2D eigenvalue weighted by Gasteiger charge is -2.04. The number of alkyl halides is 3. The zero-order valence-corrected chi connectivity index (χ0v) is 14.8. The van der Waals surface area contributed by atoms with Crippen molar-refractivity contribution >= 4 is 11.3 Å². The molecule has 4 nitrogen and oxygen atoms in total. The highest BCUT2D eigenvalue weighted by Crippen LogP contribution is 2.35. The first kappa shape index (κ1) is 18.2. The highest BCUT2D eigenvalue weighted by atomic mass is 32.1. The quantitative estimate of drug-likeness (QED) is 0.456. The number of aromatic nitrogens is 3. The lowest BCUT2D eigenvalue weighted by molar-refractivity contribution is -0.141. The van der Waals surface area contributed by atoms with Crippen molar-refractivity contribution in [2.75, 3.05) is 0 Å². The fraction of sp³-hybridized carbons (Fsp3) is 0.0526. The molecule has 1 N–H and O–H groups in total. The molecule has 0 atom stereocenters. The molecule has 2 aromatic heterocycles. The molecule has 28 heavy (non-hydrogen) atoms. The van der Waals surface area contributed by atoms with E-state index in [9.17, 15) is 22.7 Å². The molecule has 2 heterocycles. The number of benzene rings is 2. The van der Waals surface area contributed by atoms with Crippen LogP contribution in [0.2, 0.25) is 0 Å². The lowest BCUT2D eigenvalue weighted by atomic mass is 10.1. The summed E-state index contributed by atoms with van der Waals surface area (Å²) in [6.45, 7) is 0. The van der Waals surface area contributed by atoms with Gasteiger partial charge in [-0.1, -0.05) is 0 Å². The summed E-state index contributed by atoms with van der Waals surface area (Å²) in [5, 5.41) is 15.0. The molecule has 4 rings (SSSR count). The smallest absolute Gasteiger partial charge is 0.435 e. The monoisotopic (exact) mass is 405 g/mol. The Kier molecular flexibility index (Phi) is 4.38. The van der Waals surface area contributed by atoms with Crippen LogP contribution in [0.25, 0.3) is 27.6 Å². The van der Waals surface area contributed by atoms with Crippen molar-refractivity contribution in [1.29, 1.82) is 0 Å². The zero-order valence-electron chi connectivity index (χ0n) is 14.0. The summed E-state index contributed by atoms with van der Waals surface area (Å²) >= 11 is 1.12. The number of phenols is 1. The van der Waals surface area contributed by atoms with E-state index in [0.29, 0.717) is 16.8 Å². The predicted octanol–water partition coefficient (Wildman–Crippen LogP) is 5.53. The van der Waals surface area contributed by atoms with Crippen LogP contribution in [0.5, 0.6) is 5.75 Å². The molecule has 2 aromatic carbocycles. The van der Waals surface area contributed by atoms with Crippen molar-refractivity contribution in [2.24, 2.45) is 0 Å². The largest absolute Gasteiger partial charge is 0.508 e. The first-order valence-electron chi connectivity index (χ1n) is 8.00. The summed E-state index contributed by atoms with van der Waals surface area (Å²) in [5.74, 6) is -0.394. The first-order chi connectivity index (χ1) is 13.3. The van der Waals surface area contributed by atoms with Gasteiger partial charge in [0.2, 0.25) is 5.13 Å². The highest BCUT2D eigenvalue weighted by molar-refractivity contribution is 7.12. The number of hydrogen-bond acceptors (Lipinski definition) is 4. The summed E-state index contributed by atoms with van der Waals surface area (Å²) in [6.07, 6.45) is -4.62. The van der Waals surface area contributed by atoms with Crippen LogP contribution in [-0.2, 0) is 6.18 Å². The Hall–Kier alpha value is -3.20. The Morgan fingerprint density at radius 3 is 2.21 bits per heavy atom. The molecule has 0 aliphatic rings. The van der Waals surface area contributed by atoms with Crippen LogP contribution >= 0.6 is 11.3 Å². The molecule has 0 saturated carbocycles. The lowest BCUT2D eigenvalue weighted by Crippen LogP contribution is -2.07. The van der Waals surface area contributed by atoms with E-state index in [4.69, 9.17) is 0 Å². The van der Waals surface area contributed by atoms with Crippen molar-refractivity contribution in [1.82, 2.24) is 14.8 Å². The van der Waals surface area contributed by atoms with Gasteiger partial charge in [-0.05, 0) is 54.6 Å². The van der Waals surface area contributed by atoms with Crippen molar-refractivity contribution in [3.05, 3.63) is 71.5 Å². The van der Waals surface area contributed by atoms with Crippen molar-refractivity contribution in [2.45, 2.75) is 6.18 Å². The molecule has 0 amide bonds. The van der Waals surface area contributed by atoms with Gasteiger partial charge in [0.25, 0.3) is 0 Å². The van der Waals surface area contributed by atoms with Gasteiger partial charge in [0, 0.05) is 16.5 Å². The standard InChI is InChI=1S/C19H11F4N3OS/c20-13-5-1-11(2-6-13)15-10-28-18(24-15)26-16(9-17(25-26)19(21,22)23)12-3-7-14(27)8-4-12/h1-10,27H. The molecule has 0 saturated heterocycles. The molecule has 0 bridgehead atoms. The van der Waals surface area contributed by atoms with Gasteiger partial charge in [0.15, 0.2) is 5.69 Å². The van der Waals surface area contributed by atoms with Crippen molar-refractivity contribution in [3.63, 3.8) is 0 Å². The van der Waals surface area contributed by atoms with Crippen LogP contribution in [0.3, 0.4) is 0 Å². The van der Waals surface area contributed by atoms with Crippen molar-refractivity contribution < 1.29 is 22.7 Å². The summed E-state index contributed by atoms with van der Waals surface area (Å²) in [5.41, 5.74) is 0.722. The van der Waals surface area contributed by atoms with E-state index in [1.165, 1.54) is 36.4 Å². The van der Waals surface area contributed by atoms with Crippen molar-refractivity contribution in [3.8, 4) is 33.4 Å². The van der Waals surface area contributed by atoms with E-state index >= 15 is 0 Å². The van der Waals surface area contributed by atoms with Gasteiger partial charge in [-0.3, -0.25) is 0 Å². The maximum absolute atomic E-state index is 13.2. The SMILES string of the molecule is Oc1ccc(-c2cc(C(F)(F)F)nn2-c2nc(-c3ccc(F)cc3)cs2)cc1. The van der Waals surface area contributed by atoms with Gasteiger partial charge in [0.05, 0.1) is 11.4 Å². The van der Waals surface area contributed by atoms with Crippen LogP contribution < -0.4 is 0 Å². The minimum absolute atomic E-state index is 0.00120. The van der Waals surface area contributed by atoms with E-state index in [-0.39, 0.29) is 16.6 Å². The van der Waals surface area contributed by atoms with Crippen LogP contribution in [0, 0.1) is 5.82 Å². The van der Waals surface area contributed by atoms with Gasteiger partial charge in [-0.2, -0.15) is 18.3 Å². The average Bonchev–Trinajstić information content (AvgIpc) is 3.30. The van der Waals surface area contributed by atoms with Gasteiger partial charge in [-0.15, -0.1) is 11.3 Å². The third kappa shape index (κ3) is 3.48. The van der Waals surface area contributed by atoms with Crippen LogP contribution in [-0.4, -0.2) is 19.9 Å². The van der Waals surface area contributed by atoms with E-state index in [1.54, 1.807) is 17.5 Å². The predicted molar refractivity (Wildman–Crippen MR) is 96.7 cm³/mol. The molecule has 0 fully saturated rings. The minimum atomic E-state index is -4.62. The van der Waals surface area contributed by atoms with Gasteiger partial charge < -0.3 is 5.11 Å². The highest BCUT2D eigenvalue weighted by Gasteiger charge is 2.35. The summed E-state index contributed by atoms with van der Waals surface area (Å²) in [6, 6.07) is 12.3. The topological polar surface area (TPSA) is 50.9 Å². The second kappa shape index (κ2) is 6.75. The first-order valence-corrected chi connectivity index (χ1v) is 8.88. The van der Waals surface area contributed by atoms with Gasteiger partial charge in [-0.25, -0.2) is 14.1 Å². The Labute approximate surface area is 160 Å². The number of rotatable bonds is 3. The fourth-order valence-corrected chi connectivity index (χ4v) is 3.41. The molecule has 0 aliphatic carbocycles. The van der Waals surface area contributed by atoms with Crippen LogP contribution in [0.1, 0.15) is 5.69 Å². The number of phenolic OH excluding ortho intramolecular Hbond substituents is 1. The van der Waals surface area contributed by atoms with E-state index in [0.717, 1.165) is 22.1 Å². The number of hydrogen-bond donors (Lipinski definition) is 1. The fourth-order valence-electron chi connectivity index (χ4n) is 2.62. The van der Waals surface area contributed by atoms with E-state index < -0.39 is 17.7 Å². The molecule has 0 aliphatic heterocycles. The molecule has 0 spiro atoms. The Morgan fingerprint density at radius 2 is 1.57 bits per heavy atom. The maximum atomic E-state index is 13.2. The summed E-state index contributed by atoms with van der Waals surface area (Å²) < 4.78 is 53.9. The average molecular weight is 405 g/mol. The summed E-state index contributed by atoms with van der Waals surface area (Å²) in [4.78, 5) is 4.36. The van der Waals surface area contributed by atoms with Gasteiger partial charge >= 0.3 is 6.18 Å². The molecule has 0 unspecified atom stereocenters. The molecular formula is C19H11F4N3OS. The van der Waals surface area contributed by atoms with E-state index in [1.807, 2.05) is 0 Å². The Morgan fingerprint density at radius 1 is 0.929 bits per heavy atom.